The van der Waals surface area contributed by atoms with Crippen molar-refractivity contribution < 1.29 is 27.6 Å². The zero-order chi connectivity index (χ0) is 24.9. The number of piperidine rings is 1. The van der Waals surface area contributed by atoms with Crippen molar-refractivity contribution in [3.05, 3.63) is 52.1 Å². The smallest absolute Gasteiger partial charge is 0.311 e. The summed E-state index contributed by atoms with van der Waals surface area (Å²) in [5, 5.41) is 14.1. The molecule has 1 fully saturated rings. The Morgan fingerprint density at radius 3 is 2.41 bits per heavy atom. The predicted molar refractivity (Wildman–Crippen MR) is 127 cm³/mol. The number of benzene rings is 2. The summed E-state index contributed by atoms with van der Waals surface area (Å²) < 4.78 is 38.7. The van der Waals surface area contributed by atoms with Crippen molar-refractivity contribution in [2.45, 2.75) is 51.0 Å². The average molecular weight is 492 g/mol. The van der Waals surface area contributed by atoms with Crippen molar-refractivity contribution in [2.75, 3.05) is 25.0 Å². The number of carbonyl (C=O) groups is 1. The van der Waals surface area contributed by atoms with Gasteiger partial charge in [-0.15, -0.1) is 0 Å². The number of nitrogens with one attached hydrogen (secondary N) is 1. The van der Waals surface area contributed by atoms with Gasteiger partial charge in [0.05, 0.1) is 28.2 Å². The zero-order valence-electron chi connectivity index (χ0n) is 19.4. The van der Waals surface area contributed by atoms with Gasteiger partial charge in [-0.2, -0.15) is 4.31 Å². The summed E-state index contributed by atoms with van der Waals surface area (Å²) in [4.78, 5) is 23.8. The second-order valence-electron chi connectivity index (χ2n) is 8.12. The van der Waals surface area contributed by atoms with Crippen LogP contribution < -0.4 is 14.8 Å². The number of amides is 1. The van der Waals surface area contributed by atoms with E-state index in [-0.39, 0.29) is 40.3 Å². The molecule has 0 bridgehead atoms. The maximum atomic E-state index is 13.1. The van der Waals surface area contributed by atoms with Crippen molar-refractivity contribution in [1.29, 1.82) is 0 Å². The molecule has 1 N–H and O–H groups in total. The molecule has 0 radical (unpaired) electrons. The Labute approximate surface area is 199 Å². The summed E-state index contributed by atoms with van der Waals surface area (Å²) >= 11 is 0. The van der Waals surface area contributed by atoms with Crippen molar-refractivity contribution in [2.24, 2.45) is 0 Å². The molecule has 3 rings (SSSR count). The molecule has 34 heavy (non-hydrogen) atoms. The highest BCUT2D eigenvalue weighted by Crippen LogP contribution is 2.32. The molecule has 2 aromatic rings. The lowest BCUT2D eigenvalue weighted by atomic mass is 10.1. The van der Waals surface area contributed by atoms with Gasteiger partial charge in [-0.25, -0.2) is 8.42 Å². The van der Waals surface area contributed by atoms with Crippen LogP contribution in [0.1, 0.15) is 50.4 Å². The molecule has 11 heteroatoms. The highest BCUT2D eigenvalue weighted by molar-refractivity contribution is 7.89. The fraction of sp³-hybridized carbons (Fsp3) is 0.435. The van der Waals surface area contributed by atoms with E-state index in [1.165, 1.54) is 34.6 Å². The van der Waals surface area contributed by atoms with E-state index in [4.69, 9.17) is 9.47 Å². The molecule has 184 valence electrons. The first-order valence-electron chi connectivity index (χ1n) is 11.2. The second-order valence-corrected chi connectivity index (χ2v) is 10.1. The molecular formula is C23H29N3O7S. The van der Waals surface area contributed by atoms with E-state index in [0.29, 0.717) is 18.8 Å². The molecule has 0 spiro atoms. The molecule has 0 atom stereocenters. The largest absolute Gasteiger partial charge is 0.489 e. The molecule has 0 saturated carbocycles. The first-order chi connectivity index (χ1) is 16.1. The van der Waals surface area contributed by atoms with Gasteiger partial charge in [-0.1, -0.05) is 6.42 Å². The summed E-state index contributed by atoms with van der Waals surface area (Å²) in [6, 6.07) is 8.22. The maximum Gasteiger partial charge on any atom is 0.311 e. The normalized spacial score (nSPS) is 14.6. The Kier molecular flexibility index (Phi) is 8.11. The van der Waals surface area contributed by atoms with Crippen LogP contribution in [0.2, 0.25) is 0 Å². The lowest BCUT2D eigenvalue weighted by molar-refractivity contribution is -0.385. The Hall–Kier alpha value is -3.18. The van der Waals surface area contributed by atoms with Crippen LogP contribution in [0.25, 0.3) is 0 Å². The van der Waals surface area contributed by atoms with E-state index < -0.39 is 20.9 Å². The van der Waals surface area contributed by atoms with Crippen LogP contribution in [0, 0.1) is 10.1 Å². The van der Waals surface area contributed by atoms with Gasteiger partial charge in [0.25, 0.3) is 5.91 Å². The number of carbonyl (C=O) groups excluding carboxylic acids is 1. The number of sulfonamides is 1. The Bertz CT molecular complexity index is 1160. The van der Waals surface area contributed by atoms with Crippen LogP contribution in [-0.2, 0) is 10.0 Å². The number of hydrogen-bond acceptors (Lipinski definition) is 7. The van der Waals surface area contributed by atoms with Crippen LogP contribution in [0.4, 0.5) is 11.4 Å². The van der Waals surface area contributed by atoms with E-state index in [9.17, 15) is 23.3 Å². The number of nitro benzene ring substituents is 1. The standard InChI is InChI=1S/C23H29N3O7S/c1-4-32-22-10-8-17(14-20(22)26(28)29)23(27)24-19-15-18(9-11-21(19)33-16(2)3)34(30,31)25-12-6-5-7-13-25/h8-11,14-16H,4-7,12-13H2,1-3H3,(H,24,27). The minimum Gasteiger partial charge on any atom is -0.489 e. The molecule has 10 nitrogen and oxygen atoms in total. The Balaban J connectivity index is 1.95. The van der Waals surface area contributed by atoms with Gasteiger partial charge in [-0.3, -0.25) is 14.9 Å². The van der Waals surface area contributed by atoms with Gasteiger partial charge in [0.2, 0.25) is 10.0 Å². The third-order valence-electron chi connectivity index (χ3n) is 5.23. The molecule has 0 unspecified atom stereocenters. The molecular weight excluding hydrogens is 462 g/mol. The summed E-state index contributed by atoms with van der Waals surface area (Å²) in [6.45, 7) is 6.44. The van der Waals surface area contributed by atoms with Crippen molar-refractivity contribution in [3.8, 4) is 11.5 Å². The van der Waals surface area contributed by atoms with Crippen LogP contribution in [-0.4, -0.2) is 49.4 Å². The second kappa shape index (κ2) is 10.8. The van der Waals surface area contributed by atoms with E-state index in [1.54, 1.807) is 20.8 Å². The quantitative estimate of drug-likeness (QED) is 0.411. The fourth-order valence-corrected chi connectivity index (χ4v) is 5.20. The molecule has 1 aliphatic heterocycles. The molecule has 1 amide bonds. The minimum atomic E-state index is -3.74. The third kappa shape index (κ3) is 5.84. The number of rotatable bonds is 9. The van der Waals surface area contributed by atoms with Crippen molar-refractivity contribution in [1.82, 2.24) is 4.31 Å². The molecule has 1 aliphatic rings. The topological polar surface area (TPSA) is 128 Å². The van der Waals surface area contributed by atoms with Gasteiger partial charge in [0.15, 0.2) is 5.75 Å². The molecule has 0 aliphatic carbocycles. The van der Waals surface area contributed by atoms with Gasteiger partial charge in [-0.05, 0) is 63.9 Å². The first kappa shape index (κ1) is 25.4. The molecule has 0 aromatic heterocycles. The molecule has 1 heterocycles. The highest BCUT2D eigenvalue weighted by atomic mass is 32.2. The zero-order valence-corrected chi connectivity index (χ0v) is 20.3. The third-order valence-corrected chi connectivity index (χ3v) is 7.13. The summed E-state index contributed by atoms with van der Waals surface area (Å²) in [5.41, 5.74) is -0.155. The van der Waals surface area contributed by atoms with Crippen LogP contribution in [0.5, 0.6) is 11.5 Å². The molecule has 1 saturated heterocycles. The van der Waals surface area contributed by atoms with Gasteiger partial charge in [0, 0.05) is 24.7 Å². The number of anilines is 1. The fourth-order valence-electron chi connectivity index (χ4n) is 3.65. The van der Waals surface area contributed by atoms with E-state index in [1.807, 2.05) is 0 Å². The first-order valence-corrected chi connectivity index (χ1v) is 12.6. The number of hydrogen-bond donors (Lipinski definition) is 1. The number of nitrogens with zero attached hydrogens (tertiary/aromatic N) is 2. The summed E-state index contributed by atoms with van der Waals surface area (Å²) in [5.74, 6) is -0.295. The van der Waals surface area contributed by atoms with Crippen LogP contribution in [0.15, 0.2) is 41.3 Å². The number of nitro groups is 1. The summed E-state index contributed by atoms with van der Waals surface area (Å²) in [6.07, 6.45) is 2.36. The Morgan fingerprint density at radius 1 is 1.12 bits per heavy atom. The number of ether oxygens (including phenoxy) is 2. The van der Waals surface area contributed by atoms with Crippen molar-refractivity contribution in [3.63, 3.8) is 0 Å². The van der Waals surface area contributed by atoms with Gasteiger partial charge < -0.3 is 14.8 Å². The van der Waals surface area contributed by atoms with Crippen molar-refractivity contribution >= 4 is 27.3 Å². The minimum absolute atomic E-state index is 0.0231. The average Bonchev–Trinajstić information content (AvgIpc) is 2.80. The monoisotopic (exact) mass is 491 g/mol. The van der Waals surface area contributed by atoms with Gasteiger partial charge in [0.1, 0.15) is 5.75 Å². The summed E-state index contributed by atoms with van der Waals surface area (Å²) in [7, 11) is -3.74. The van der Waals surface area contributed by atoms with Crippen LogP contribution in [0.3, 0.4) is 0 Å². The molecule has 2 aromatic carbocycles. The maximum absolute atomic E-state index is 13.1. The van der Waals surface area contributed by atoms with E-state index in [0.717, 1.165) is 25.3 Å². The lowest BCUT2D eigenvalue weighted by Crippen LogP contribution is -2.35. The van der Waals surface area contributed by atoms with E-state index in [2.05, 4.69) is 5.32 Å². The van der Waals surface area contributed by atoms with E-state index >= 15 is 0 Å². The van der Waals surface area contributed by atoms with Gasteiger partial charge >= 0.3 is 5.69 Å². The Morgan fingerprint density at radius 2 is 1.79 bits per heavy atom. The predicted octanol–water partition coefficient (Wildman–Crippen LogP) is 4.21. The SMILES string of the molecule is CCOc1ccc(C(=O)Nc2cc(S(=O)(=O)N3CCCCC3)ccc2OC(C)C)cc1[N+](=O)[O-]. The highest BCUT2D eigenvalue weighted by Gasteiger charge is 2.27. The van der Waals surface area contributed by atoms with Crippen LogP contribution >= 0.6 is 0 Å². The lowest BCUT2D eigenvalue weighted by Gasteiger charge is -2.26.